The van der Waals surface area contributed by atoms with Crippen molar-refractivity contribution in [2.75, 3.05) is 6.61 Å². The number of nitrogens with two attached hydrogens (primary N) is 1. The zero-order valence-electron chi connectivity index (χ0n) is 10.9. The minimum atomic E-state index is -0.490. The van der Waals surface area contributed by atoms with Crippen LogP contribution < -0.4 is 10.5 Å². The van der Waals surface area contributed by atoms with Crippen molar-refractivity contribution in [2.24, 2.45) is 5.73 Å². The summed E-state index contributed by atoms with van der Waals surface area (Å²) in [5, 5.41) is 0. The lowest BCUT2D eigenvalue weighted by Crippen LogP contribution is -2.13. The van der Waals surface area contributed by atoms with E-state index in [1.54, 1.807) is 24.5 Å². The molecule has 0 aliphatic heterocycles. The van der Waals surface area contributed by atoms with Gasteiger partial charge in [0.15, 0.2) is 0 Å². The second-order valence-electron chi connectivity index (χ2n) is 4.31. The number of halogens is 1. The summed E-state index contributed by atoms with van der Waals surface area (Å²) in [6.45, 7) is 0.532. The van der Waals surface area contributed by atoms with E-state index in [-0.39, 0.29) is 0 Å². The molecule has 2 N–H and O–H groups in total. The first-order chi connectivity index (χ1) is 9.66. The summed E-state index contributed by atoms with van der Waals surface area (Å²) in [6, 6.07) is 9.20. The highest BCUT2D eigenvalue weighted by Crippen LogP contribution is 2.23. The van der Waals surface area contributed by atoms with Crippen molar-refractivity contribution in [1.29, 1.82) is 0 Å². The number of benzene rings is 1. The average Bonchev–Trinajstić information content (AvgIpc) is 2.45. The van der Waals surface area contributed by atoms with Gasteiger partial charge in [-0.1, -0.05) is 15.9 Å². The van der Waals surface area contributed by atoms with Crippen molar-refractivity contribution in [2.45, 2.75) is 12.8 Å². The first kappa shape index (κ1) is 14.5. The van der Waals surface area contributed by atoms with Gasteiger partial charge in [0, 0.05) is 16.9 Å². The number of hydrogen-bond donors (Lipinski definition) is 1. The molecule has 0 fully saturated rings. The van der Waals surface area contributed by atoms with Crippen LogP contribution in [0.5, 0.6) is 5.75 Å². The minimum absolute atomic E-state index is 0.392. The molecule has 0 saturated heterocycles. The smallest absolute Gasteiger partial charge is 0.252 e. The molecule has 0 spiro atoms. The van der Waals surface area contributed by atoms with Crippen LogP contribution in [0.3, 0.4) is 0 Å². The summed E-state index contributed by atoms with van der Waals surface area (Å²) >= 11 is 3.31. The lowest BCUT2D eigenvalue weighted by Gasteiger charge is -2.10. The number of carbonyl (C=O) groups is 1. The molecule has 4 nitrogen and oxygen atoms in total. The molecule has 0 radical (unpaired) electrons. The maximum atomic E-state index is 11.3. The number of ether oxygens (including phenoxy) is 1. The van der Waals surface area contributed by atoms with Gasteiger partial charge in [0.05, 0.1) is 12.2 Å². The highest BCUT2D eigenvalue weighted by molar-refractivity contribution is 9.10. The van der Waals surface area contributed by atoms with Gasteiger partial charge in [-0.25, -0.2) is 0 Å². The Morgan fingerprint density at radius 3 is 2.70 bits per heavy atom. The largest absolute Gasteiger partial charge is 0.493 e. The van der Waals surface area contributed by atoms with Gasteiger partial charge in [0.2, 0.25) is 0 Å². The van der Waals surface area contributed by atoms with Gasteiger partial charge in [0.1, 0.15) is 5.75 Å². The normalized spacial score (nSPS) is 10.2. The fourth-order valence-corrected chi connectivity index (χ4v) is 2.19. The van der Waals surface area contributed by atoms with Gasteiger partial charge in [-0.15, -0.1) is 0 Å². The van der Waals surface area contributed by atoms with Crippen LogP contribution in [0.2, 0.25) is 0 Å². The molecule has 0 atom stereocenters. The maximum Gasteiger partial charge on any atom is 0.252 e. The molecule has 1 heterocycles. The zero-order chi connectivity index (χ0) is 14.4. The van der Waals surface area contributed by atoms with E-state index < -0.39 is 5.91 Å². The SMILES string of the molecule is NC(=O)c1cc(Br)ccc1OCCCc1ccncc1. The van der Waals surface area contributed by atoms with E-state index in [1.165, 1.54) is 5.56 Å². The number of rotatable bonds is 6. The number of pyridine rings is 1. The van der Waals surface area contributed by atoms with Crippen molar-refractivity contribution in [3.63, 3.8) is 0 Å². The van der Waals surface area contributed by atoms with Gasteiger partial charge in [-0.05, 0) is 48.7 Å². The second-order valence-corrected chi connectivity index (χ2v) is 5.23. The Bertz CT molecular complexity index is 588. The van der Waals surface area contributed by atoms with Gasteiger partial charge in [0.25, 0.3) is 5.91 Å². The molecule has 2 aromatic rings. The standard InChI is InChI=1S/C15H15BrN2O2/c16-12-3-4-14(13(10-12)15(17)19)20-9-1-2-11-5-7-18-8-6-11/h3-8,10H,1-2,9H2,(H2,17,19). The molecule has 0 unspecified atom stereocenters. The van der Waals surface area contributed by atoms with E-state index >= 15 is 0 Å². The monoisotopic (exact) mass is 334 g/mol. The van der Waals surface area contributed by atoms with Gasteiger partial charge in [-0.3, -0.25) is 9.78 Å². The summed E-state index contributed by atoms with van der Waals surface area (Å²) in [4.78, 5) is 15.3. The fourth-order valence-electron chi connectivity index (χ4n) is 1.83. The highest BCUT2D eigenvalue weighted by Gasteiger charge is 2.09. The van der Waals surface area contributed by atoms with Crippen molar-refractivity contribution >= 4 is 21.8 Å². The third kappa shape index (κ3) is 4.06. The molecule has 20 heavy (non-hydrogen) atoms. The summed E-state index contributed by atoms with van der Waals surface area (Å²) < 4.78 is 6.44. The zero-order valence-corrected chi connectivity index (χ0v) is 12.5. The van der Waals surface area contributed by atoms with E-state index in [2.05, 4.69) is 20.9 Å². The summed E-state index contributed by atoms with van der Waals surface area (Å²) in [5.41, 5.74) is 6.94. The quantitative estimate of drug-likeness (QED) is 0.826. The number of carbonyl (C=O) groups excluding carboxylic acids is 1. The van der Waals surface area contributed by atoms with E-state index in [0.29, 0.717) is 17.9 Å². The molecular formula is C15H15BrN2O2. The van der Waals surface area contributed by atoms with Crippen LogP contribution in [0.15, 0.2) is 47.2 Å². The number of amides is 1. The summed E-state index contributed by atoms with van der Waals surface area (Å²) in [6.07, 6.45) is 5.31. The molecule has 0 saturated carbocycles. The van der Waals surface area contributed by atoms with Crippen LogP contribution in [-0.4, -0.2) is 17.5 Å². The Kier molecular flexibility index (Phi) is 5.12. The second kappa shape index (κ2) is 7.05. The van der Waals surface area contributed by atoms with E-state index in [4.69, 9.17) is 10.5 Å². The van der Waals surface area contributed by atoms with Crippen LogP contribution in [0.4, 0.5) is 0 Å². The van der Waals surface area contributed by atoms with Crippen LogP contribution >= 0.6 is 15.9 Å². The van der Waals surface area contributed by atoms with E-state index in [1.807, 2.05) is 18.2 Å². The predicted octanol–water partition coefficient (Wildman–Crippen LogP) is 2.95. The van der Waals surface area contributed by atoms with Crippen LogP contribution in [0.1, 0.15) is 22.3 Å². The Morgan fingerprint density at radius 2 is 2.00 bits per heavy atom. The molecule has 1 amide bonds. The number of primary amides is 1. The van der Waals surface area contributed by atoms with Crippen LogP contribution in [0, 0.1) is 0 Å². The predicted molar refractivity (Wildman–Crippen MR) is 80.7 cm³/mol. The molecule has 5 heteroatoms. The molecule has 0 aliphatic carbocycles. The Labute approximate surface area is 126 Å². The third-order valence-electron chi connectivity index (χ3n) is 2.82. The van der Waals surface area contributed by atoms with E-state index in [0.717, 1.165) is 17.3 Å². The Balaban J connectivity index is 1.90. The van der Waals surface area contributed by atoms with Crippen molar-refractivity contribution in [3.05, 3.63) is 58.3 Å². The number of nitrogens with zero attached hydrogens (tertiary/aromatic N) is 1. The van der Waals surface area contributed by atoms with Crippen molar-refractivity contribution in [1.82, 2.24) is 4.98 Å². The average molecular weight is 335 g/mol. The molecule has 1 aromatic carbocycles. The van der Waals surface area contributed by atoms with Gasteiger partial charge >= 0.3 is 0 Å². The lowest BCUT2D eigenvalue weighted by molar-refractivity contribution is 0.0996. The van der Waals surface area contributed by atoms with E-state index in [9.17, 15) is 4.79 Å². The van der Waals surface area contributed by atoms with Crippen LogP contribution in [-0.2, 0) is 6.42 Å². The molecule has 1 aromatic heterocycles. The van der Waals surface area contributed by atoms with Crippen molar-refractivity contribution < 1.29 is 9.53 Å². The molecular weight excluding hydrogens is 320 g/mol. The first-order valence-corrected chi connectivity index (χ1v) is 7.07. The molecule has 104 valence electrons. The third-order valence-corrected chi connectivity index (χ3v) is 3.32. The van der Waals surface area contributed by atoms with Crippen molar-refractivity contribution in [3.8, 4) is 5.75 Å². The Hall–Kier alpha value is -1.88. The molecule has 2 rings (SSSR count). The highest BCUT2D eigenvalue weighted by atomic mass is 79.9. The fraction of sp³-hybridized carbons (Fsp3) is 0.200. The molecule has 0 bridgehead atoms. The minimum Gasteiger partial charge on any atom is -0.493 e. The first-order valence-electron chi connectivity index (χ1n) is 6.28. The summed E-state index contributed by atoms with van der Waals surface area (Å²) in [5.74, 6) is 0.0332. The Morgan fingerprint density at radius 1 is 1.25 bits per heavy atom. The number of hydrogen-bond acceptors (Lipinski definition) is 3. The number of aryl methyl sites for hydroxylation is 1. The van der Waals surface area contributed by atoms with Gasteiger partial charge < -0.3 is 10.5 Å². The lowest BCUT2D eigenvalue weighted by atomic mass is 10.1. The maximum absolute atomic E-state index is 11.3. The van der Waals surface area contributed by atoms with Crippen LogP contribution in [0.25, 0.3) is 0 Å². The van der Waals surface area contributed by atoms with Gasteiger partial charge in [-0.2, -0.15) is 0 Å². The number of aromatic nitrogens is 1. The topological polar surface area (TPSA) is 65.2 Å². The molecule has 0 aliphatic rings. The summed E-state index contributed by atoms with van der Waals surface area (Å²) in [7, 11) is 0.